The van der Waals surface area contributed by atoms with Crippen molar-refractivity contribution in [2.45, 2.75) is 26.7 Å². The lowest BCUT2D eigenvalue weighted by Gasteiger charge is -2.33. The SMILES string of the molecule is CC1(C)[C@H]2CC[C@@]1(CI)C(=O)C2=O. The lowest BCUT2D eigenvalue weighted by Crippen LogP contribution is -2.38. The van der Waals surface area contributed by atoms with Crippen molar-refractivity contribution in [3.05, 3.63) is 0 Å². The second-order valence-corrected chi connectivity index (χ2v) is 5.48. The fraction of sp³-hybridized carbons (Fsp3) is 0.800. The summed E-state index contributed by atoms with van der Waals surface area (Å²) in [6.45, 7) is 4.15. The molecule has 72 valence electrons. The summed E-state index contributed by atoms with van der Waals surface area (Å²) in [7, 11) is 0. The molecular weight excluding hydrogens is 279 g/mol. The Balaban J connectivity index is 2.56. The van der Waals surface area contributed by atoms with E-state index in [1.54, 1.807) is 0 Å². The highest BCUT2D eigenvalue weighted by molar-refractivity contribution is 14.1. The van der Waals surface area contributed by atoms with E-state index in [9.17, 15) is 9.59 Å². The van der Waals surface area contributed by atoms with Crippen molar-refractivity contribution < 1.29 is 9.59 Å². The molecule has 0 aromatic heterocycles. The van der Waals surface area contributed by atoms with E-state index < -0.39 is 0 Å². The normalized spacial score (nSPS) is 41.6. The van der Waals surface area contributed by atoms with E-state index in [4.69, 9.17) is 0 Å². The zero-order valence-corrected chi connectivity index (χ0v) is 10.1. The summed E-state index contributed by atoms with van der Waals surface area (Å²) >= 11 is 2.25. The molecule has 3 heteroatoms. The molecule has 0 aromatic carbocycles. The van der Waals surface area contributed by atoms with Gasteiger partial charge in [-0.05, 0) is 18.3 Å². The van der Waals surface area contributed by atoms with E-state index in [1.807, 2.05) is 0 Å². The lowest BCUT2D eigenvalue weighted by atomic mass is 9.70. The summed E-state index contributed by atoms with van der Waals surface area (Å²) in [6.07, 6.45) is 1.83. The average Bonchev–Trinajstić information content (AvgIpc) is 2.41. The summed E-state index contributed by atoms with van der Waals surface area (Å²) in [4.78, 5) is 23.4. The van der Waals surface area contributed by atoms with Gasteiger partial charge in [-0.25, -0.2) is 0 Å². The highest BCUT2D eigenvalue weighted by atomic mass is 127. The third-order valence-corrected chi connectivity index (χ3v) is 5.47. The molecule has 2 saturated carbocycles. The molecule has 2 nitrogen and oxygen atoms in total. The predicted molar refractivity (Wildman–Crippen MR) is 57.8 cm³/mol. The highest BCUT2D eigenvalue weighted by Crippen LogP contribution is 2.62. The maximum absolute atomic E-state index is 11.8. The lowest BCUT2D eigenvalue weighted by molar-refractivity contribution is -0.141. The van der Waals surface area contributed by atoms with Gasteiger partial charge in [0.25, 0.3) is 0 Å². The number of carbonyl (C=O) groups excluding carboxylic acids is 2. The van der Waals surface area contributed by atoms with Gasteiger partial charge in [-0.2, -0.15) is 0 Å². The molecule has 0 unspecified atom stereocenters. The van der Waals surface area contributed by atoms with Gasteiger partial charge in [0.15, 0.2) is 0 Å². The van der Waals surface area contributed by atoms with Gasteiger partial charge in [0.1, 0.15) is 0 Å². The van der Waals surface area contributed by atoms with Gasteiger partial charge in [0, 0.05) is 10.3 Å². The average molecular weight is 292 g/mol. The first-order chi connectivity index (χ1) is 5.97. The first kappa shape index (κ1) is 9.62. The number of halogens is 1. The largest absolute Gasteiger partial charge is 0.291 e. The van der Waals surface area contributed by atoms with Crippen LogP contribution in [0.2, 0.25) is 0 Å². The molecule has 0 aromatic rings. The van der Waals surface area contributed by atoms with Crippen molar-refractivity contribution in [3.63, 3.8) is 0 Å². The molecule has 0 radical (unpaired) electrons. The molecule has 13 heavy (non-hydrogen) atoms. The third kappa shape index (κ3) is 0.845. The van der Waals surface area contributed by atoms with Crippen molar-refractivity contribution in [3.8, 4) is 0 Å². The number of carbonyl (C=O) groups is 2. The van der Waals surface area contributed by atoms with Crippen LogP contribution in [-0.2, 0) is 9.59 Å². The number of hydrogen-bond acceptors (Lipinski definition) is 2. The fourth-order valence-corrected chi connectivity index (χ4v) is 4.68. The van der Waals surface area contributed by atoms with Crippen molar-refractivity contribution in [2.24, 2.45) is 16.7 Å². The molecule has 2 fully saturated rings. The van der Waals surface area contributed by atoms with Crippen molar-refractivity contribution in [2.75, 3.05) is 4.43 Å². The van der Waals surface area contributed by atoms with Crippen LogP contribution in [0.15, 0.2) is 0 Å². The van der Waals surface area contributed by atoms with Crippen LogP contribution in [0.3, 0.4) is 0 Å². The Labute approximate surface area is 91.6 Å². The van der Waals surface area contributed by atoms with E-state index in [0.29, 0.717) is 0 Å². The molecule has 2 aliphatic carbocycles. The Bertz CT molecular complexity index is 295. The quantitative estimate of drug-likeness (QED) is 0.421. The maximum Gasteiger partial charge on any atom is 0.206 e. The van der Waals surface area contributed by atoms with Gasteiger partial charge < -0.3 is 0 Å². The minimum Gasteiger partial charge on any atom is -0.291 e. The van der Waals surface area contributed by atoms with E-state index in [0.717, 1.165) is 17.3 Å². The van der Waals surface area contributed by atoms with Gasteiger partial charge in [-0.3, -0.25) is 9.59 Å². The van der Waals surface area contributed by atoms with Crippen LogP contribution >= 0.6 is 22.6 Å². The Hall–Kier alpha value is 0.0700. The zero-order valence-electron chi connectivity index (χ0n) is 7.89. The molecule has 0 saturated heterocycles. The van der Waals surface area contributed by atoms with Crippen LogP contribution in [0.5, 0.6) is 0 Å². The Morgan fingerprint density at radius 2 is 2.08 bits per heavy atom. The minimum atomic E-state index is -0.324. The summed E-state index contributed by atoms with van der Waals surface area (Å²) < 4.78 is 0.791. The second-order valence-electron chi connectivity index (χ2n) is 4.72. The van der Waals surface area contributed by atoms with Gasteiger partial charge in [0.2, 0.25) is 11.6 Å². The van der Waals surface area contributed by atoms with Crippen LogP contribution in [-0.4, -0.2) is 16.0 Å². The number of alkyl halides is 1. The molecule has 0 spiro atoms. The molecule has 2 bridgehead atoms. The number of Topliss-reactive ketones (excluding diaryl/α,β-unsaturated/α-hetero) is 2. The van der Waals surface area contributed by atoms with Gasteiger partial charge in [-0.15, -0.1) is 0 Å². The van der Waals surface area contributed by atoms with Gasteiger partial charge >= 0.3 is 0 Å². The van der Waals surface area contributed by atoms with Crippen LogP contribution in [0.25, 0.3) is 0 Å². The summed E-state index contributed by atoms with van der Waals surface area (Å²) in [5.74, 6) is -0.189. The maximum atomic E-state index is 11.8. The monoisotopic (exact) mass is 292 g/mol. The predicted octanol–water partition coefficient (Wildman–Crippen LogP) is 2.00. The molecule has 0 amide bonds. The Morgan fingerprint density at radius 1 is 1.46 bits per heavy atom. The Morgan fingerprint density at radius 3 is 2.38 bits per heavy atom. The van der Waals surface area contributed by atoms with E-state index in [1.165, 1.54) is 0 Å². The summed E-state index contributed by atoms with van der Waals surface area (Å²) in [5, 5.41) is 0. The van der Waals surface area contributed by atoms with Crippen LogP contribution in [0.1, 0.15) is 26.7 Å². The van der Waals surface area contributed by atoms with Crippen molar-refractivity contribution in [1.82, 2.24) is 0 Å². The van der Waals surface area contributed by atoms with Gasteiger partial charge in [0.05, 0.1) is 5.41 Å². The summed E-state index contributed by atoms with van der Waals surface area (Å²) in [6, 6.07) is 0. The highest BCUT2D eigenvalue weighted by Gasteiger charge is 2.68. The molecule has 0 heterocycles. The van der Waals surface area contributed by atoms with Crippen LogP contribution in [0, 0.1) is 16.7 Å². The van der Waals surface area contributed by atoms with Crippen molar-refractivity contribution in [1.29, 1.82) is 0 Å². The molecule has 0 N–H and O–H groups in total. The van der Waals surface area contributed by atoms with E-state index in [2.05, 4.69) is 36.4 Å². The van der Waals surface area contributed by atoms with E-state index in [-0.39, 0.29) is 28.3 Å². The number of hydrogen-bond donors (Lipinski definition) is 0. The topological polar surface area (TPSA) is 34.1 Å². The Kier molecular flexibility index (Phi) is 1.89. The second kappa shape index (κ2) is 2.55. The standard InChI is InChI=1S/C10H13IO2/c1-9(2)6-3-4-10(9,5-11)8(13)7(6)12/h6H,3-5H2,1-2H3/t6-,10+/m0/s1. The number of fused-ring (bicyclic) bond motifs is 2. The molecule has 0 aliphatic heterocycles. The summed E-state index contributed by atoms with van der Waals surface area (Å²) in [5.41, 5.74) is -0.419. The molecule has 2 rings (SSSR count). The number of ketones is 2. The molecule has 2 atom stereocenters. The van der Waals surface area contributed by atoms with E-state index >= 15 is 0 Å². The minimum absolute atomic E-state index is 0.00904. The molecule has 2 aliphatic rings. The zero-order chi connectivity index (χ0) is 9.85. The smallest absolute Gasteiger partial charge is 0.206 e. The molecular formula is C10H13IO2. The number of rotatable bonds is 1. The van der Waals surface area contributed by atoms with Crippen molar-refractivity contribution >= 4 is 34.2 Å². The van der Waals surface area contributed by atoms with Crippen LogP contribution < -0.4 is 0 Å². The third-order valence-electron chi connectivity index (χ3n) is 4.17. The first-order valence-corrected chi connectivity index (χ1v) is 6.14. The van der Waals surface area contributed by atoms with Crippen LogP contribution in [0.4, 0.5) is 0 Å². The first-order valence-electron chi connectivity index (χ1n) is 4.62. The fourth-order valence-electron chi connectivity index (χ4n) is 2.97. The van der Waals surface area contributed by atoms with Gasteiger partial charge in [-0.1, -0.05) is 36.4 Å².